The van der Waals surface area contributed by atoms with E-state index in [1.165, 1.54) is 0 Å². The van der Waals surface area contributed by atoms with Crippen LogP contribution >= 0.6 is 15.9 Å². The molecule has 3 aromatic rings. The smallest absolute Gasteiger partial charge is 0.244 e. The average molecular weight is 431 g/mol. The highest BCUT2D eigenvalue weighted by atomic mass is 79.9. The second-order valence-corrected chi connectivity index (χ2v) is 6.74. The van der Waals surface area contributed by atoms with Crippen LogP contribution in [0.15, 0.2) is 51.7 Å². The van der Waals surface area contributed by atoms with Gasteiger partial charge in [0.25, 0.3) is 0 Å². The van der Waals surface area contributed by atoms with Crippen molar-refractivity contribution < 1.29 is 14.3 Å². The fourth-order valence-electron chi connectivity index (χ4n) is 2.93. The molecule has 1 aromatic heterocycles. The summed E-state index contributed by atoms with van der Waals surface area (Å²) in [5.74, 6) is 0.939. The molecule has 140 valence electrons. The van der Waals surface area contributed by atoms with Gasteiger partial charge in [-0.3, -0.25) is 9.59 Å². The highest BCUT2D eigenvalue weighted by Gasteiger charge is 2.16. The number of pyridine rings is 1. The first kappa shape index (κ1) is 19.0. The van der Waals surface area contributed by atoms with Gasteiger partial charge in [-0.1, -0.05) is 12.1 Å². The van der Waals surface area contributed by atoms with Crippen molar-refractivity contribution in [1.29, 1.82) is 0 Å². The summed E-state index contributed by atoms with van der Waals surface area (Å²) in [4.78, 5) is 25.3. The van der Waals surface area contributed by atoms with E-state index in [2.05, 4.69) is 21.2 Å². The standard InChI is InChI=1S/C20H19BrN2O4/c1-12-19(21)20(25)14-10-13(26-2)8-9-16(14)23(12)11-18(24)22-15-6-4-5-7-17(15)27-3/h4-10H,11H2,1-3H3,(H,22,24). The normalized spacial score (nSPS) is 10.7. The maximum atomic E-state index is 12.7. The van der Waals surface area contributed by atoms with E-state index < -0.39 is 0 Å². The van der Waals surface area contributed by atoms with Crippen LogP contribution in [0.25, 0.3) is 10.9 Å². The number of carbonyl (C=O) groups excluding carboxylic acids is 1. The van der Waals surface area contributed by atoms with Gasteiger partial charge < -0.3 is 19.4 Å². The molecule has 7 heteroatoms. The summed E-state index contributed by atoms with van der Waals surface area (Å²) >= 11 is 3.35. The Hall–Kier alpha value is -2.80. The molecule has 0 aliphatic carbocycles. The Bertz CT molecular complexity index is 1080. The van der Waals surface area contributed by atoms with Crippen molar-refractivity contribution in [1.82, 2.24) is 4.57 Å². The molecular weight excluding hydrogens is 412 g/mol. The van der Waals surface area contributed by atoms with Crippen LogP contribution < -0.4 is 20.2 Å². The van der Waals surface area contributed by atoms with Crippen LogP contribution in [0.1, 0.15) is 5.69 Å². The van der Waals surface area contributed by atoms with E-state index in [1.54, 1.807) is 56.0 Å². The number of para-hydroxylation sites is 2. The van der Waals surface area contributed by atoms with E-state index in [9.17, 15) is 9.59 Å². The van der Waals surface area contributed by atoms with E-state index in [-0.39, 0.29) is 17.9 Å². The number of aromatic nitrogens is 1. The van der Waals surface area contributed by atoms with Crippen LogP contribution in [0.5, 0.6) is 11.5 Å². The molecule has 0 atom stereocenters. The largest absolute Gasteiger partial charge is 0.497 e. The predicted octanol–water partition coefficient (Wildman–Crippen LogP) is 3.73. The minimum Gasteiger partial charge on any atom is -0.497 e. The Kier molecular flexibility index (Phi) is 5.51. The summed E-state index contributed by atoms with van der Waals surface area (Å²) in [5.41, 5.74) is 1.79. The van der Waals surface area contributed by atoms with Gasteiger partial charge in [0.15, 0.2) is 0 Å². The van der Waals surface area contributed by atoms with Crippen LogP contribution in [0.3, 0.4) is 0 Å². The van der Waals surface area contributed by atoms with Crippen LogP contribution in [0.4, 0.5) is 5.69 Å². The first-order valence-electron chi connectivity index (χ1n) is 8.25. The number of hydrogen-bond donors (Lipinski definition) is 1. The molecule has 0 radical (unpaired) electrons. The number of amides is 1. The van der Waals surface area contributed by atoms with Gasteiger partial charge in [-0.15, -0.1) is 0 Å². The summed E-state index contributed by atoms with van der Waals surface area (Å²) in [6.07, 6.45) is 0. The summed E-state index contributed by atoms with van der Waals surface area (Å²) in [7, 11) is 3.10. The molecule has 1 amide bonds. The number of benzene rings is 2. The Morgan fingerprint density at radius 2 is 1.89 bits per heavy atom. The molecule has 0 aliphatic rings. The molecule has 1 heterocycles. The van der Waals surface area contributed by atoms with Crippen LogP contribution in [-0.2, 0) is 11.3 Å². The fraction of sp³-hybridized carbons (Fsp3) is 0.200. The summed E-state index contributed by atoms with van der Waals surface area (Å²) in [5, 5.41) is 3.34. The summed E-state index contributed by atoms with van der Waals surface area (Å²) in [6, 6.07) is 12.4. The lowest BCUT2D eigenvalue weighted by atomic mass is 10.1. The second kappa shape index (κ2) is 7.84. The lowest BCUT2D eigenvalue weighted by Gasteiger charge is -2.17. The molecule has 0 bridgehead atoms. The van der Waals surface area contributed by atoms with Crippen molar-refractivity contribution in [2.24, 2.45) is 0 Å². The van der Waals surface area contributed by atoms with Crippen molar-refractivity contribution in [2.75, 3.05) is 19.5 Å². The number of anilines is 1. The second-order valence-electron chi connectivity index (χ2n) is 5.95. The van der Waals surface area contributed by atoms with Gasteiger partial charge in [0.1, 0.15) is 18.0 Å². The lowest BCUT2D eigenvalue weighted by Crippen LogP contribution is -2.23. The summed E-state index contributed by atoms with van der Waals surface area (Å²) in [6.45, 7) is 1.84. The zero-order chi connectivity index (χ0) is 19.6. The van der Waals surface area contributed by atoms with Crippen molar-refractivity contribution in [3.8, 4) is 11.5 Å². The molecule has 0 fully saturated rings. The topological polar surface area (TPSA) is 69.6 Å². The van der Waals surface area contributed by atoms with Crippen LogP contribution in [0.2, 0.25) is 0 Å². The number of ether oxygens (including phenoxy) is 2. The monoisotopic (exact) mass is 430 g/mol. The third-order valence-electron chi connectivity index (χ3n) is 4.34. The minimum absolute atomic E-state index is 0.0472. The zero-order valence-corrected chi connectivity index (χ0v) is 16.8. The number of fused-ring (bicyclic) bond motifs is 1. The highest BCUT2D eigenvalue weighted by Crippen LogP contribution is 2.25. The van der Waals surface area contributed by atoms with Crippen LogP contribution in [-0.4, -0.2) is 24.7 Å². The number of nitrogens with zero attached hydrogens (tertiary/aromatic N) is 1. The fourth-order valence-corrected chi connectivity index (χ4v) is 3.35. The zero-order valence-electron chi connectivity index (χ0n) is 15.2. The first-order valence-corrected chi connectivity index (χ1v) is 9.05. The van der Waals surface area contributed by atoms with Gasteiger partial charge in [-0.25, -0.2) is 0 Å². The number of methoxy groups -OCH3 is 2. The maximum absolute atomic E-state index is 12.7. The van der Waals surface area contributed by atoms with Crippen molar-refractivity contribution >= 4 is 38.4 Å². The van der Waals surface area contributed by atoms with E-state index in [1.807, 2.05) is 12.1 Å². The Balaban J connectivity index is 2.01. The third kappa shape index (κ3) is 3.68. The molecule has 0 saturated carbocycles. The van der Waals surface area contributed by atoms with Crippen LogP contribution in [0, 0.1) is 6.92 Å². The van der Waals surface area contributed by atoms with Gasteiger partial charge in [0.05, 0.1) is 35.3 Å². The van der Waals surface area contributed by atoms with Gasteiger partial charge in [0, 0.05) is 5.69 Å². The quantitative estimate of drug-likeness (QED) is 0.669. The van der Waals surface area contributed by atoms with Crippen molar-refractivity contribution in [3.05, 3.63) is 62.9 Å². The lowest BCUT2D eigenvalue weighted by molar-refractivity contribution is -0.116. The molecule has 0 unspecified atom stereocenters. The van der Waals surface area contributed by atoms with Gasteiger partial charge in [-0.2, -0.15) is 0 Å². The number of halogens is 1. The Morgan fingerprint density at radius 3 is 2.59 bits per heavy atom. The third-order valence-corrected chi connectivity index (χ3v) is 5.28. The molecule has 0 spiro atoms. The molecule has 1 N–H and O–H groups in total. The number of carbonyl (C=O) groups is 1. The summed E-state index contributed by atoms with van der Waals surface area (Å²) < 4.78 is 12.7. The van der Waals surface area contributed by atoms with E-state index in [4.69, 9.17) is 9.47 Å². The first-order chi connectivity index (χ1) is 13.0. The molecule has 6 nitrogen and oxygen atoms in total. The molecule has 0 saturated heterocycles. The molecule has 0 aliphatic heterocycles. The molecule has 3 rings (SSSR count). The van der Waals surface area contributed by atoms with E-state index in [0.717, 1.165) is 0 Å². The van der Waals surface area contributed by atoms with E-state index >= 15 is 0 Å². The minimum atomic E-state index is -0.227. The number of rotatable bonds is 5. The Labute approximate surface area is 164 Å². The number of hydrogen-bond acceptors (Lipinski definition) is 4. The predicted molar refractivity (Wildman–Crippen MR) is 109 cm³/mol. The maximum Gasteiger partial charge on any atom is 0.244 e. The van der Waals surface area contributed by atoms with Gasteiger partial charge in [-0.05, 0) is 53.2 Å². The van der Waals surface area contributed by atoms with Gasteiger partial charge >= 0.3 is 0 Å². The Morgan fingerprint density at radius 1 is 1.15 bits per heavy atom. The average Bonchev–Trinajstić information content (AvgIpc) is 2.69. The van der Waals surface area contributed by atoms with E-state index in [0.29, 0.717) is 38.3 Å². The van der Waals surface area contributed by atoms with Crippen molar-refractivity contribution in [3.63, 3.8) is 0 Å². The molecule has 2 aromatic carbocycles. The van der Waals surface area contributed by atoms with Gasteiger partial charge in [0.2, 0.25) is 11.3 Å². The highest BCUT2D eigenvalue weighted by molar-refractivity contribution is 9.10. The number of nitrogens with one attached hydrogen (secondary N) is 1. The molecular formula is C20H19BrN2O4. The molecule has 27 heavy (non-hydrogen) atoms. The SMILES string of the molecule is COc1ccc2c(c1)c(=O)c(Br)c(C)n2CC(=O)Nc1ccccc1OC. The van der Waals surface area contributed by atoms with Crippen molar-refractivity contribution in [2.45, 2.75) is 13.5 Å².